The Hall–Kier alpha value is -2.69. The van der Waals surface area contributed by atoms with E-state index in [0.717, 1.165) is 29.5 Å². The molecule has 0 saturated carbocycles. The molecule has 24 heavy (non-hydrogen) atoms. The summed E-state index contributed by atoms with van der Waals surface area (Å²) in [4.78, 5) is 11.8. The van der Waals surface area contributed by atoms with Gasteiger partial charge in [0.05, 0.1) is 12.7 Å². The molecule has 0 N–H and O–H groups in total. The van der Waals surface area contributed by atoms with Gasteiger partial charge >= 0.3 is 12.6 Å². The molecule has 5 heteroatoms. The van der Waals surface area contributed by atoms with E-state index in [1.54, 1.807) is 30.3 Å². The molecule has 2 aromatic rings. The number of hydrogen-bond acceptors (Lipinski definition) is 3. The third-order valence-electron chi connectivity index (χ3n) is 3.98. The van der Waals surface area contributed by atoms with E-state index in [0.29, 0.717) is 11.1 Å². The van der Waals surface area contributed by atoms with Crippen LogP contribution in [0.2, 0.25) is 0 Å². The van der Waals surface area contributed by atoms with Crippen LogP contribution in [0.1, 0.15) is 33.5 Å². The number of fused-ring (bicyclic) bond motifs is 1. The quantitative estimate of drug-likeness (QED) is 0.777. The first kappa shape index (κ1) is 16.2. The van der Waals surface area contributed by atoms with Crippen molar-refractivity contribution in [3.8, 4) is 5.75 Å². The molecule has 0 spiro atoms. The molecule has 2 aromatic carbocycles. The number of rotatable bonds is 4. The fraction of sp³-hybridized carbons (Fsp3) is 0.211. The number of benzene rings is 2. The number of alkyl halides is 2. The van der Waals surface area contributed by atoms with E-state index in [9.17, 15) is 13.6 Å². The van der Waals surface area contributed by atoms with Crippen molar-refractivity contribution in [3.05, 3.63) is 70.8 Å². The van der Waals surface area contributed by atoms with Crippen LogP contribution in [0.3, 0.4) is 0 Å². The Balaban J connectivity index is 2.09. The molecule has 0 heterocycles. The second-order valence-corrected chi connectivity index (χ2v) is 5.39. The van der Waals surface area contributed by atoms with Crippen molar-refractivity contribution in [2.75, 3.05) is 7.11 Å². The predicted molar refractivity (Wildman–Crippen MR) is 86.3 cm³/mol. The van der Waals surface area contributed by atoms with Gasteiger partial charge in [-0.25, -0.2) is 4.79 Å². The summed E-state index contributed by atoms with van der Waals surface area (Å²) in [5.41, 5.74) is 3.71. The summed E-state index contributed by atoms with van der Waals surface area (Å²) in [5.74, 6) is -0.310. The van der Waals surface area contributed by atoms with E-state index in [4.69, 9.17) is 4.74 Å². The summed E-state index contributed by atoms with van der Waals surface area (Å²) in [5, 5.41) is 0. The highest BCUT2D eigenvalue weighted by atomic mass is 19.3. The minimum atomic E-state index is -2.89. The van der Waals surface area contributed by atoms with Crippen LogP contribution in [-0.4, -0.2) is 19.7 Å². The van der Waals surface area contributed by atoms with Crippen molar-refractivity contribution in [2.24, 2.45) is 0 Å². The standard InChI is InChI=1S/C19H16F2O3/c1-23-18(22)13-10-9-12-5-4-7-14(16(12)11-13)15-6-2-3-8-17(15)24-19(20)21/h2-3,6-11,19H,4-5H2,1H3. The van der Waals surface area contributed by atoms with Gasteiger partial charge in [-0.2, -0.15) is 8.78 Å². The Morgan fingerprint density at radius 2 is 1.92 bits per heavy atom. The normalized spacial score (nSPS) is 13.2. The lowest BCUT2D eigenvalue weighted by atomic mass is 9.85. The maximum Gasteiger partial charge on any atom is 0.387 e. The summed E-state index contributed by atoms with van der Waals surface area (Å²) in [6, 6.07) is 12.0. The van der Waals surface area contributed by atoms with Crippen molar-refractivity contribution >= 4 is 11.5 Å². The van der Waals surface area contributed by atoms with Crippen molar-refractivity contribution in [1.82, 2.24) is 0 Å². The van der Waals surface area contributed by atoms with Crippen molar-refractivity contribution in [2.45, 2.75) is 19.5 Å². The molecule has 0 fully saturated rings. The third-order valence-corrected chi connectivity index (χ3v) is 3.98. The fourth-order valence-corrected chi connectivity index (χ4v) is 2.91. The Morgan fingerprint density at radius 1 is 1.12 bits per heavy atom. The molecule has 0 aliphatic heterocycles. The Morgan fingerprint density at radius 3 is 2.67 bits per heavy atom. The molecule has 0 bridgehead atoms. The number of esters is 1. The average molecular weight is 330 g/mol. The van der Waals surface area contributed by atoms with Crippen LogP contribution < -0.4 is 4.74 Å². The molecule has 0 aromatic heterocycles. The summed E-state index contributed by atoms with van der Waals surface area (Å²) >= 11 is 0. The number of carbonyl (C=O) groups excluding carboxylic acids is 1. The highest BCUT2D eigenvalue weighted by Gasteiger charge is 2.20. The van der Waals surface area contributed by atoms with Gasteiger partial charge in [0.25, 0.3) is 0 Å². The molecule has 124 valence electrons. The molecular weight excluding hydrogens is 314 g/mol. The number of allylic oxidation sites excluding steroid dienone is 1. The lowest BCUT2D eigenvalue weighted by Crippen LogP contribution is -2.08. The number of hydrogen-bond donors (Lipinski definition) is 0. The zero-order valence-electron chi connectivity index (χ0n) is 13.1. The molecule has 0 saturated heterocycles. The van der Waals surface area contributed by atoms with E-state index in [1.165, 1.54) is 13.2 Å². The lowest BCUT2D eigenvalue weighted by Gasteiger charge is -2.21. The largest absolute Gasteiger partial charge is 0.465 e. The first-order valence-corrected chi connectivity index (χ1v) is 7.56. The summed E-state index contributed by atoms with van der Waals surface area (Å²) in [7, 11) is 1.32. The predicted octanol–water partition coefficient (Wildman–Crippen LogP) is 4.45. The topological polar surface area (TPSA) is 35.5 Å². The minimum absolute atomic E-state index is 0.120. The maximum atomic E-state index is 12.7. The van der Waals surface area contributed by atoms with Crippen molar-refractivity contribution < 1.29 is 23.0 Å². The second kappa shape index (κ2) is 6.83. The smallest absolute Gasteiger partial charge is 0.387 e. The number of halogens is 2. The highest BCUT2D eigenvalue weighted by Crippen LogP contribution is 2.37. The van der Waals surface area contributed by atoms with Gasteiger partial charge in [0, 0.05) is 5.56 Å². The van der Waals surface area contributed by atoms with Crippen molar-refractivity contribution in [3.63, 3.8) is 0 Å². The second-order valence-electron chi connectivity index (χ2n) is 5.39. The SMILES string of the molecule is COC(=O)c1ccc2c(c1)C(c1ccccc1OC(F)F)=CCC2. The van der Waals surface area contributed by atoms with E-state index >= 15 is 0 Å². The van der Waals surface area contributed by atoms with Gasteiger partial charge in [-0.1, -0.05) is 30.3 Å². The van der Waals surface area contributed by atoms with Gasteiger partial charge in [-0.05, 0) is 47.7 Å². The van der Waals surface area contributed by atoms with E-state index in [1.807, 2.05) is 12.1 Å². The zero-order chi connectivity index (χ0) is 17.1. The zero-order valence-corrected chi connectivity index (χ0v) is 13.1. The van der Waals surface area contributed by atoms with Crippen LogP contribution in [0.4, 0.5) is 8.78 Å². The molecule has 1 aliphatic carbocycles. The fourth-order valence-electron chi connectivity index (χ4n) is 2.91. The van der Waals surface area contributed by atoms with Crippen LogP contribution in [-0.2, 0) is 11.2 Å². The monoisotopic (exact) mass is 330 g/mol. The van der Waals surface area contributed by atoms with Crippen LogP contribution in [0.5, 0.6) is 5.75 Å². The van der Waals surface area contributed by atoms with E-state index in [2.05, 4.69) is 4.74 Å². The molecule has 3 nitrogen and oxygen atoms in total. The average Bonchev–Trinajstić information content (AvgIpc) is 2.60. The molecular formula is C19H16F2O3. The van der Waals surface area contributed by atoms with Crippen molar-refractivity contribution in [1.29, 1.82) is 0 Å². The van der Waals surface area contributed by atoms with Crippen LogP contribution in [0.25, 0.3) is 5.57 Å². The van der Waals surface area contributed by atoms with Gasteiger partial charge in [0.2, 0.25) is 0 Å². The Bertz CT molecular complexity index is 797. The summed E-state index contributed by atoms with van der Waals surface area (Å²) in [6.07, 6.45) is 3.61. The van der Waals surface area contributed by atoms with Gasteiger partial charge in [0.1, 0.15) is 5.75 Å². The molecule has 3 rings (SSSR count). The lowest BCUT2D eigenvalue weighted by molar-refractivity contribution is -0.0500. The number of para-hydroxylation sites is 1. The van der Waals surface area contributed by atoms with Gasteiger partial charge in [-0.3, -0.25) is 0 Å². The van der Waals surface area contributed by atoms with Crippen LogP contribution in [0, 0.1) is 0 Å². The number of methoxy groups -OCH3 is 1. The number of ether oxygens (including phenoxy) is 2. The Kier molecular flexibility index (Phi) is 4.60. The Labute approximate surface area is 138 Å². The molecule has 0 atom stereocenters. The molecule has 0 unspecified atom stereocenters. The minimum Gasteiger partial charge on any atom is -0.465 e. The first-order chi connectivity index (χ1) is 11.6. The van der Waals surface area contributed by atoms with Gasteiger partial charge in [-0.15, -0.1) is 0 Å². The number of aryl methyl sites for hydroxylation is 1. The van der Waals surface area contributed by atoms with Crippen LogP contribution >= 0.6 is 0 Å². The highest BCUT2D eigenvalue weighted by molar-refractivity contribution is 5.93. The molecule has 0 radical (unpaired) electrons. The number of carbonyl (C=O) groups is 1. The van der Waals surface area contributed by atoms with E-state index < -0.39 is 12.6 Å². The summed E-state index contributed by atoms with van der Waals surface area (Å²) in [6.45, 7) is -2.89. The molecule has 1 aliphatic rings. The van der Waals surface area contributed by atoms with Crippen LogP contribution in [0.15, 0.2) is 48.5 Å². The van der Waals surface area contributed by atoms with E-state index in [-0.39, 0.29) is 5.75 Å². The third kappa shape index (κ3) is 3.15. The maximum absolute atomic E-state index is 12.7. The molecule has 0 amide bonds. The van der Waals surface area contributed by atoms with Gasteiger partial charge in [0.15, 0.2) is 0 Å². The summed E-state index contributed by atoms with van der Waals surface area (Å²) < 4.78 is 34.8. The van der Waals surface area contributed by atoms with Gasteiger partial charge < -0.3 is 9.47 Å². The first-order valence-electron chi connectivity index (χ1n) is 7.56.